The molecule has 0 aromatic heterocycles. The van der Waals surface area contributed by atoms with Gasteiger partial charge in [-0.2, -0.15) is 11.8 Å². The van der Waals surface area contributed by atoms with Crippen LogP contribution in [0.1, 0.15) is 26.7 Å². The SMILES string of the molecule is CCC(CC)(CNc1ccccc1[N+](=O)[O-])SC. The summed E-state index contributed by atoms with van der Waals surface area (Å²) in [6.45, 7) is 5.05. The molecular weight excluding hydrogens is 248 g/mol. The molecule has 5 heteroatoms. The summed E-state index contributed by atoms with van der Waals surface area (Å²) < 4.78 is 0.143. The summed E-state index contributed by atoms with van der Waals surface area (Å²) >= 11 is 1.82. The second kappa shape index (κ2) is 6.64. The van der Waals surface area contributed by atoms with E-state index in [0.717, 1.165) is 19.4 Å². The molecule has 0 radical (unpaired) electrons. The number of anilines is 1. The van der Waals surface area contributed by atoms with Crippen molar-refractivity contribution in [2.24, 2.45) is 0 Å². The lowest BCUT2D eigenvalue weighted by atomic mass is 10.0. The van der Waals surface area contributed by atoms with Crippen LogP contribution in [0.15, 0.2) is 24.3 Å². The molecule has 1 aromatic rings. The monoisotopic (exact) mass is 268 g/mol. The Hall–Kier alpha value is -1.23. The first-order chi connectivity index (χ1) is 8.58. The Morgan fingerprint density at radius 3 is 2.44 bits per heavy atom. The van der Waals surface area contributed by atoms with Gasteiger partial charge in [0.15, 0.2) is 0 Å². The van der Waals surface area contributed by atoms with E-state index in [1.807, 2.05) is 17.8 Å². The number of nitrogens with zero attached hydrogens (tertiary/aromatic N) is 1. The number of rotatable bonds is 7. The molecule has 0 heterocycles. The van der Waals surface area contributed by atoms with Crippen molar-refractivity contribution in [3.05, 3.63) is 34.4 Å². The lowest BCUT2D eigenvalue weighted by Gasteiger charge is -2.30. The number of nitro benzene ring substituents is 1. The number of nitro groups is 1. The Labute approximate surface area is 112 Å². The van der Waals surface area contributed by atoms with Crippen molar-refractivity contribution in [2.45, 2.75) is 31.4 Å². The molecule has 4 nitrogen and oxygen atoms in total. The molecule has 0 amide bonds. The normalized spacial score (nSPS) is 11.3. The topological polar surface area (TPSA) is 55.2 Å². The van der Waals surface area contributed by atoms with Gasteiger partial charge in [-0.15, -0.1) is 0 Å². The Bertz CT molecular complexity index is 397. The van der Waals surface area contributed by atoms with Gasteiger partial charge in [0.2, 0.25) is 0 Å². The quantitative estimate of drug-likeness (QED) is 0.601. The summed E-state index contributed by atoms with van der Waals surface area (Å²) in [5, 5.41) is 14.1. The number of hydrogen-bond acceptors (Lipinski definition) is 4. The third-order valence-corrected chi connectivity index (χ3v) is 5.01. The summed E-state index contributed by atoms with van der Waals surface area (Å²) in [5.74, 6) is 0. The van der Waals surface area contributed by atoms with Gasteiger partial charge in [0.25, 0.3) is 5.69 Å². The summed E-state index contributed by atoms with van der Waals surface area (Å²) in [6, 6.07) is 6.79. The second-order valence-corrected chi connectivity index (χ2v) is 5.50. The smallest absolute Gasteiger partial charge is 0.292 e. The van der Waals surface area contributed by atoms with Crippen LogP contribution in [0.2, 0.25) is 0 Å². The zero-order chi connectivity index (χ0) is 13.6. The van der Waals surface area contributed by atoms with Gasteiger partial charge in [-0.3, -0.25) is 10.1 Å². The first-order valence-electron chi connectivity index (χ1n) is 6.11. The van der Waals surface area contributed by atoms with Gasteiger partial charge in [-0.25, -0.2) is 0 Å². The molecule has 1 N–H and O–H groups in total. The van der Waals surface area contributed by atoms with Gasteiger partial charge in [0, 0.05) is 17.4 Å². The first kappa shape index (κ1) is 14.8. The number of benzene rings is 1. The maximum absolute atomic E-state index is 10.9. The molecule has 0 aliphatic carbocycles. The maximum Gasteiger partial charge on any atom is 0.292 e. The molecule has 1 aromatic carbocycles. The highest BCUT2D eigenvalue weighted by Crippen LogP contribution is 2.32. The second-order valence-electron chi connectivity index (χ2n) is 4.22. The van der Waals surface area contributed by atoms with Crippen LogP contribution in [-0.4, -0.2) is 22.5 Å². The third kappa shape index (κ3) is 3.38. The van der Waals surface area contributed by atoms with E-state index in [1.54, 1.807) is 12.1 Å². The average molecular weight is 268 g/mol. The van der Waals surface area contributed by atoms with Gasteiger partial charge in [-0.05, 0) is 25.2 Å². The van der Waals surface area contributed by atoms with E-state index in [0.29, 0.717) is 5.69 Å². The molecule has 0 atom stereocenters. The molecule has 0 bridgehead atoms. The zero-order valence-corrected chi connectivity index (χ0v) is 11.9. The van der Waals surface area contributed by atoms with E-state index in [2.05, 4.69) is 25.4 Å². The minimum absolute atomic E-state index is 0.139. The summed E-state index contributed by atoms with van der Waals surface area (Å²) in [7, 11) is 0. The minimum atomic E-state index is -0.346. The van der Waals surface area contributed by atoms with Gasteiger partial charge in [0.05, 0.1) is 4.92 Å². The van der Waals surface area contributed by atoms with Gasteiger partial charge < -0.3 is 5.32 Å². The Morgan fingerprint density at radius 2 is 1.94 bits per heavy atom. The Kier molecular flexibility index (Phi) is 5.47. The van der Waals surface area contributed by atoms with E-state index in [4.69, 9.17) is 0 Å². The molecule has 18 heavy (non-hydrogen) atoms. The van der Waals surface area contributed by atoms with E-state index in [1.165, 1.54) is 6.07 Å². The van der Waals surface area contributed by atoms with Crippen molar-refractivity contribution >= 4 is 23.1 Å². The predicted octanol–water partition coefficient (Wildman–Crippen LogP) is 3.93. The van der Waals surface area contributed by atoms with E-state index in [-0.39, 0.29) is 15.4 Å². The molecule has 100 valence electrons. The fourth-order valence-electron chi connectivity index (χ4n) is 1.90. The highest BCUT2D eigenvalue weighted by molar-refractivity contribution is 8.00. The molecule has 0 fully saturated rings. The number of nitrogens with one attached hydrogen (secondary N) is 1. The number of para-hydroxylation sites is 2. The Balaban J connectivity index is 2.83. The lowest BCUT2D eigenvalue weighted by Crippen LogP contribution is -2.32. The maximum atomic E-state index is 10.9. The predicted molar refractivity (Wildman–Crippen MR) is 78.4 cm³/mol. The lowest BCUT2D eigenvalue weighted by molar-refractivity contribution is -0.384. The van der Waals surface area contributed by atoms with Crippen LogP contribution >= 0.6 is 11.8 Å². The van der Waals surface area contributed by atoms with Crippen LogP contribution in [0.4, 0.5) is 11.4 Å². The molecule has 0 saturated carbocycles. The Morgan fingerprint density at radius 1 is 1.33 bits per heavy atom. The van der Waals surface area contributed by atoms with Crippen molar-refractivity contribution < 1.29 is 4.92 Å². The van der Waals surface area contributed by atoms with Crippen LogP contribution in [0.3, 0.4) is 0 Å². The summed E-state index contributed by atoms with van der Waals surface area (Å²) in [4.78, 5) is 10.6. The van der Waals surface area contributed by atoms with Crippen molar-refractivity contribution in [2.75, 3.05) is 18.1 Å². The molecule has 0 spiro atoms. The van der Waals surface area contributed by atoms with E-state index >= 15 is 0 Å². The van der Waals surface area contributed by atoms with Gasteiger partial charge >= 0.3 is 0 Å². The average Bonchev–Trinajstić information content (AvgIpc) is 2.41. The largest absolute Gasteiger partial charge is 0.378 e. The van der Waals surface area contributed by atoms with Gasteiger partial charge in [0.1, 0.15) is 5.69 Å². The van der Waals surface area contributed by atoms with Crippen LogP contribution in [0, 0.1) is 10.1 Å². The minimum Gasteiger partial charge on any atom is -0.378 e. The van der Waals surface area contributed by atoms with E-state index < -0.39 is 0 Å². The van der Waals surface area contributed by atoms with Crippen molar-refractivity contribution in [1.29, 1.82) is 0 Å². The molecular formula is C13H20N2O2S. The van der Waals surface area contributed by atoms with Crippen LogP contribution in [-0.2, 0) is 0 Å². The molecule has 0 aliphatic heterocycles. The highest BCUT2D eigenvalue weighted by atomic mass is 32.2. The summed E-state index contributed by atoms with van der Waals surface area (Å²) in [5.41, 5.74) is 0.738. The first-order valence-corrected chi connectivity index (χ1v) is 7.33. The fraction of sp³-hybridized carbons (Fsp3) is 0.538. The molecule has 0 unspecified atom stereocenters. The standard InChI is InChI=1S/C13H20N2O2S/c1-4-13(5-2,18-3)10-14-11-8-6-7-9-12(11)15(16)17/h6-9,14H,4-5,10H2,1-3H3. The van der Waals surface area contributed by atoms with Crippen molar-refractivity contribution in [3.63, 3.8) is 0 Å². The fourth-order valence-corrected chi connectivity index (χ4v) is 2.69. The molecule has 0 saturated heterocycles. The van der Waals surface area contributed by atoms with Crippen LogP contribution < -0.4 is 5.32 Å². The summed E-state index contributed by atoms with van der Waals surface area (Å²) in [6.07, 6.45) is 4.17. The number of hydrogen-bond donors (Lipinski definition) is 1. The van der Waals surface area contributed by atoms with Crippen LogP contribution in [0.25, 0.3) is 0 Å². The third-order valence-electron chi connectivity index (χ3n) is 3.42. The highest BCUT2D eigenvalue weighted by Gasteiger charge is 2.25. The zero-order valence-electron chi connectivity index (χ0n) is 11.1. The van der Waals surface area contributed by atoms with Crippen molar-refractivity contribution in [1.82, 2.24) is 0 Å². The van der Waals surface area contributed by atoms with E-state index in [9.17, 15) is 10.1 Å². The van der Waals surface area contributed by atoms with Crippen LogP contribution in [0.5, 0.6) is 0 Å². The number of thioether (sulfide) groups is 1. The molecule has 0 aliphatic rings. The van der Waals surface area contributed by atoms with Crippen molar-refractivity contribution in [3.8, 4) is 0 Å². The van der Waals surface area contributed by atoms with Gasteiger partial charge in [-0.1, -0.05) is 26.0 Å². The molecule has 1 rings (SSSR count).